The van der Waals surface area contributed by atoms with Gasteiger partial charge in [-0.05, 0) is 38.1 Å². The van der Waals surface area contributed by atoms with Gasteiger partial charge < -0.3 is 10.2 Å². The molecule has 1 aromatic carbocycles. The molecule has 1 heterocycles. The first kappa shape index (κ1) is 13.9. The summed E-state index contributed by atoms with van der Waals surface area (Å²) < 4.78 is 0. The van der Waals surface area contributed by atoms with Crippen molar-refractivity contribution in [2.75, 3.05) is 31.6 Å². The minimum absolute atomic E-state index is 0.711. The maximum atomic E-state index is 3.60. The minimum Gasteiger partial charge on any atom is -0.312 e. The highest BCUT2D eigenvalue weighted by Crippen LogP contribution is 2.12. The van der Waals surface area contributed by atoms with Gasteiger partial charge in [-0.1, -0.05) is 24.3 Å². The Labute approximate surface area is 115 Å². The van der Waals surface area contributed by atoms with Crippen LogP contribution in [0, 0.1) is 6.92 Å². The standard InChI is InChI=1S/C15H24N2S/c1-13-5-3-4-6-14(13)11-17(2)9-7-15-12-18-10-8-16-15/h3-6,15-16H,7-12H2,1-2H3. The molecular weight excluding hydrogens is 240 g/mol. The largest absolute Gasteiger partial charge is 0.312 e. The molecule has 1 aliphatic heterocycles. The van der Waals surface area contributed by atoms with Gasteiger partial charge in [0, 0.05) is 30.6 Å². The zero-order chi connectivity index (χ0) is 12.8. The van der Waals surface area contributed by atoms with E-state index in [2.05, 4.69) is 60.2 Å². The third-order valence-electron chi connectivity index (χ3n) is 3.56. The normalized spacial score (nSPS) is 20.3. The lowest BCUT2D eigenvalue weighted by atomic mass is 10.1. The first-order chi connectivity index (χ1) is 8.75. The van der Waals surface area contributed by atoms with Crippen LogP contribution in [0.5, 0.6) is 0 Å². The van der Waals surface area contributed by atoms with Crippen LogP contribution >= 0.6 is 11.8 Å². The summed E-state index contributed by atoms with van der Waals surface area (Å²) in [5.74, 6) is 2.55. The van der Waals surface area contributed by atoms with E-state index < -0.39 is 0 Å². The Balaban J connectivity index is 1.74. The number of hydrogen-bond acceptors (Lipinski definition) is 3. The molecule has 1 aromatic rings. The molecule has 2 nitrogen and oxygen atoms in total. The van der Waals surface area contributed by atoms with Gasteiger partial charge in [0.05, 0.1) is 0 Å². The van der Waals surface area contributed by atoms with Crippen molar-refractivity contribution in [1.29, 1.82) is 0 Å². The van der Waals surface area contributed by atoms with E-state index in [9.17, 15) is 0 Å². The van der Waals surface area contributed by atoms with Gasteiger partial charge in [-0.25, -0.2) is 0 Å². The number of benzene rings is 1. The Bertz CT molecular complexity index is 361. The fourth-order valence-corrected chi connectivity index (χ4v) is 3.34. The summed E-state index contributed by atoms with van der Waals surface area (Å²) in [4.78, 5) is 2.43. The average molecular weight is 264 g/mol. The third-order valence-corrected chi connectivity index (χ3v) is 4.69. The van der Waals surface area contributed by atoms with Crippen LogP contribution in [0.4, 0.5) is 0 Å². The molecule has 0 aromatic heterocycles. The van der Waals surface area contributed by atoms with Crippen LogP contribution in [0.15, 0.2) is 24.3 Å². The second-order valence-electron chi connectivity index (χ2n) is 5.18. The lowest BCUT2D eigenvalue weighted by Gasteiger charge is -2.26. The van der Waals surface area contributed by atoms with Crippen LogP contribution in [-0.2, 0) is 6.54 Å². The molecule has 0 aliphatic carbocycles. The zero-order valence-electron chi connectivity index (χ0n) is 11.5. The molecule has 0 radical (unpaired) electrons. The first-order valence-electron chi connectivity index (χ1n) is 6.80. The summed E-state index contributed by atoms with van der Waals surface area (Å²) in [5, 5.41) is 3.60. The molecule has 1 unspecified atom stereocenters. The molecule has 0 saturated carbocycles. The molecule has 2 rings (SSSR count). The summed E-state index contributed by atoms with van der Waals surface area (Å²) >= 11 is 2.08. The van der Waals surface area contributed by atoms with Crippen molar-refractivity contribution in [3.05, 3.63) is 35.4 Å². The highest BCUT2D eigenvalue weighted by Gasteiger charge is 2.13. The van der Waals surface area contributed by atoms with Gasteiger partial charge in [0.25, 0.3) is 0 Å². The van der Waals surface area contributed by atoms with Gasteiger partial charge >= 0.3 is 0 Å². The first-order valence-corrected chi connectivity index (χ1v) is 7.95. The monoisotopic (exact) mass is 264 g/mol. The van der Waals surface area contributed by atoms with Crippen molar-refractivity contribution < 1.29 is 0 Å². The Morgan fingerprint density at radius 2 is 2.22 bits per heavy atom. The maximum absolute atomic E-state index is 3.60. The molecule has 1 atom stereocenters. The fourth-order valence-electron chi connectivity index (χ4n) is 2.34. The van der Waals surface area contributed by atoms with Crippen LogP contribution in [0.2, 0.25) is 0 Å². The molecule has 0 amide bonds. The van der Waals surface area contributed by atoms with Gasteiger partial charge in [-0.3, -0.25) is 0 Å². The van der Waals surface area contributed by atoms with Crippen molar-refractivity contribution in [2.45, 2.75) is 25.9 Å². The number of nitrogens with one attached hydrogen (secondary N) is 1. The second kappa shape index (κ2) is 7.17. The van der Waals surface area contributed by atoms with Crippen LogP contribution in [0.3, 0.4) is 0 Å². The van der Waals surface area contributed by atoms with Crippen molar-refractivity contribution >= 4 is 11.8 Å². The smallest absolute Gasteiger partial charge is 0.0233 e. The predicted molar refractivity (Wildman–Crippen MR) is 81.2 cm³/mol. The van der Waals surface area contributed by atoms with E-state index in [0.717, 1.165) is 6.54 Å². The highest BCUT2D eigenvalue weighted by atomic mass is 32.2. The van der Waals surface area contributed by atoms with E-state index in [1.807, 2.05) is 0 Å². The molecule has 0 spiro atoms. The lowest BCUT2D eigenvalue weighted by molar-refractivity contribution is 0.304. The van der Waals surface area contributed by atoms with E-state index in [0.29, 0.717) is 6.04 Å². The quantitative estimate of drug-likeness (QED) is 0.880. The Morgan fingerprint density at radius 1 is 1.39 bits per heavy atom. The molecule has 1 aliphatic rings. The Hall–Kier alpha value is -0.510. The summed E-state index contributed by atoms with van der Waals surface area (Å²) in [5.41, 5.74) is 2.85. The van der Waals surface area contributed by atoms with E-state index in [-0.39, 0.29) is 0 Å². The number of thioether (sulfide) groups is 1. The van der Waals surface area contributed by atoms with E-state index >= 15 is 0 Å². The number of hydrogen-bond donors (Lipinski definition) is 1. The predicted octanol–water partition coefficient (Wildman–Crippen LogP) is 2.52. The summed E-state index contributed by atoms with van der Waals surface area (Å²) in [6.07, 6.45) is 1.26. The van der Waals surface area contributed by atoms with Crippen LogP contribution in [-0.4, -0.2) is 42.6 Å². The van der Waals surface area contributed by atoms with E-state index in [1.54, 1.807) is 0 Å². The molecule has 1 N–H and O–H groups in total. The summed E-state index contributed by atoms with van der Waals surface area (Å²) in [7, 11) is 2.22. The molecule has 1 fully saturated rings. The number of rotatable bonds is 5. The minimum atomic E-state index is 0.711. The second-order valence-corrected chi connectivity index (χ2v) is 6.33. The Morgan fingerprint density at radius 3 is 2.94 bits per heavy atom. The van der Waals surface area contributed by atoms with Crippen molar-refractivity contribution in [1.82, 2.24) is 10.2 Å². The SMILES string of the molecule is Cc1ccccc1CN(C)CCC1CSCCN1. The van der Waals surface area contributed by atoms with Gasteiger partial charge in [0.1, 0.15) is 0 Å². The third kappa shape index (κ3) is 4.30. The highest BCUT2D eigenvalue weighted by molar-refractivity contribution is 7.99. The summed E-state index contributed by atoms with van der Waals surface area (Å²) in [6, 6.07) is 9.39. The zero-order valence-corrected chi connectivity index (χ0v) is 12.3. The molecule has 0 bridgehead atoms. The molecule has 100 valence electrons. The number of aryl methyl sites for hydroxylation is 1. The lowest BCUT2D eigenvalue weighted by Crippen LogP contribution is -2.39. The average Bonchev–Trinajstić information content (AvgIpc) is 2.40. The van der Waals surface area contributed by atoms with Gasteiger partial charge in [-0.2, -0.15) is 11.8 Å². The Kier molecular flexibility index (Phi) is 5.54. The van der Waals surface area contributed by atoms with Crippen LogP contribution in [0.25, 0.3) is 0 Å². The van der Waals surface area contributed by atoms with E-state index in [4.69, 9.17) is 0 Å². The number of nitrogens with zero attached hydrogens (tertiary/aromatic N) is 1. The molecule has 1 saturated heterocycles. The molecule has 3 heteroatoms. The van der Waals surface area contributed by atoms with E-state index in [1.165, 1.54) is 42.1 Å². The molecular formula is C15H24N2S. The van der Waals surface area contributed by atoms with Crippen molar-refractivity contribution in [3.63, 3.8) is 0 Å². The molecule has 18 heavy (non-hydrogen) atoms. The van der Waals surface area contributed by atoms with Crippen LogP contribution < -0.4 is 5.32 Å². The topological polar surface area (TPSA) is 15.3 Å². The van der Waals surface area contributed by atoms with Gasteiger partial charge in [0.2, 0.25) is 0 Å². The van der Waals surface area contributed by atoms with Gasteiger partial charge in [0.15, 0.2) is 0 Å². The summed E-state index contributed by atoms with van der Waals surface area (Å²) in [6.45, 7) is 5.61. The van der Waals surface area contributed by atoms with Crippen molar-refractivity contribution in [2.24, 2.45) is 0 Å². The van der Waals surface area contributed by atoms with Crippen LogP contribution in [0.1, 0.15) is 17.5 Å². The fraction of sp³-hybridized carbons (Fsp3) is 0.600. The maximum Gasteiger partial charge on any atom is 0.0233 e. The van der Waals surface area contributed by atoms with Gasteiger partial charge in [-0.15, -0.1) is 0 Å². The van der Waals surface area contributed by atoms with Crippen molar-refractivity contribution in [3.8, 4) is 0 Å².